The second-order valence-electron chi connectivity index (χ2n) is 6.12. The molecule has 0 amide bonds. The second kappa shape index (κ2) is 7.42. The molecule has 0 spiro atoms. The van der Waals surface area contributed by atoms with Crippen molar-refractivity contribution in [3.63, 3.8) is 0 Å². The van der Waals surface area contributed by atoms with Gasteiger partial charge in [0.05, 0.1) is 11.5 Å². The molecular formula is C15H28N2O3S. The van der Waals surface area contributed by atoms with Crippen molar-refractivity contribution in [2.24, 2.45) is 17.8 Å². The third kappa shape index (κ3) is 4.56. The zero-order valence-electron chi connectivity index (χ0n) is 13.6. The fraction of sp³-hybridized carbons (Fsp3) is 0.733. The lowest BCUT2D eigenvalue weighted by molar-refractivity contribution is 0.271. The van der Waals surface area contributed by atoms with Crippen LogP contribution in [0.5, 0.6) is 0 Å². The van der Waals surface area contributed by atoms with Crippen LogP contribution in [0.3, 0.4) is 0 Å². The highest BCUT2D eigenvalue weighted by atomic mass is 32.2. The van der Waals surface area contributed by atoms with Gasteiger partial charge in [-0.05, 0) is 30.7 Å². The number of aromatic nitrogens is 1. The number of nitrogens with zero attached hydrogens (tertiary/aromatic N) is 1. The van der Waals surface area contributed by atoms with Crippen molar-refractivity contribution in [1.82, 2.24) is 9.29 Å². The molecule has 5 nitrogen and oxygen atoms in total. The van der Waals surface area contributed by atoms with E-state index >= 15 is 0 Å². The maximum atomic E-state index is 12.4. The quantitative estimate of drug-likeness (QED) is 0.772. The maximum absolute atomic E-state index is 12.4. The van der Waals surface area contributed by atoms with Crippen molar-refractivity contribution in [3.05, 3.63) is 18.0 Å². The summed E-state index contributed by atoms with van der Waals surface area (Å²) >= 11 is 0. The summed E-state index contributed by atoms with van der Waals surface area (Å²) in [5.74, 6) is 1.13. The molecule has 0 radical (unpaired) electrons. The van der Waals surface area contributed by atoms with Crippen molar-refractivity contribution < 1.29 is 13.5 Å². The van der Waals surface area contributed by atoms with E-state index in [1.54, 1.807) is 10.8 Å². The van der Waals surface area contributed by atoms with E-state index in [9.17, 15) is 13.5 Å². The molecule has 0 aliphatic carbocycles. The molecule has 6 heteroatoms. The zero-order chi connectivity index (χ0) is 16.2. The lowest BCUT2D eigenvalue weighted by Crippen LogP contribution is -2.33. The molecule has 1 heterocycles. The van der Waals surface area contributed by atoms with E-state index in [1.165, 1.54) is 6.07 Å². The molecule has 0 saturated carbocycles. The molecule has 1 rings (SSSR count). The number of nitrogens with one attached hydrogen (secondary N) is 1. The molecule has 21 heavy (non-hydrogen) atoms. The Hall–Kier alpha value is -0.850. The molecule has 1 aromatic rings. The summed E-state index contributed by atoms with van der Waals surface area (Å²) in [5, 5.41) is 9.26. The number of rotatable bonds is 8. The fourth-order valence-electron chi connectivity index (χ4n) is 2.63. The van der Waals surface area contributed by atoms with Crippen LogP contribution in [0.15, 0.2) is 17.2 Å². The normalized spacial score (nSPS) is 12.8. The first-order chi connectivity index (χ1) is 9.72. The first-order valence-corrected chi connectivity index (χ1v) is 9.00. The third-order valence-corrected chi connectivity index (χ3v) is 5.39. The third-order valence-electron chi connectivity index (χ3n) is 4.00. The van der Waals surface area contributed by atoms with Crippen LogP contribution in [-0.4, -0.2) is 24.6 Å². The van der Waals surface area contributed by atoms with E-state index in [2.05, 4.69) is 32.4 Å². The predicted molar refractivity (Wildman–Crippen MR) is 84.4 cm³/mol. The Labute approximate surface area is 128 Å². The van der Waals surface area contributed by atoms with Crippen LogP contribution in [0.2, 0.25) is 0 Å². The van der Waals surface area contributed by atoms with Crippen LogP contribution >= 0.6 is 0 Å². The van der Waals surface area contributed by atoms with E-state index in [0.717, 1.165) is 0 Å². The average Bonchev–Trinajstić information content (AvgIpc) is 2.81. The first kappa shape index (κ1) is 18.2. The molecule has 122 valence electrons. The second-order valence-corrected chi connectivity index (χ2v) is 7.88. The molecule has 0 aliphatic rings. The average molecular weight is 316 g/mol. The van der Waals surface area contributed by atoms with Gasteiger partial charge in [-0.1, -0.05) is 27.7 Å². The molecule has 0 saturated heterocycles. The standard InChI is InChI=1S/C15H28N2O3S/c1-6-17-9-14(7-13(17)10-18)21(19,20)16-8-15(11(2)3)12(4)5/h7,9,11-12,15-16,18H,6,8,10H2,1-5H3. The molecule has 0 aliphatic heterocycles. The first-order valence-electron chi connectivity index (χ1n) is 7.52. The smallest absolute Gasteiger partial charge is 0.242 e. The minimum absolute atomic E-state index is 0.163. The number of aryl methyl sites for hydroxylation is 1. The topological polar surface area (TPSA) is 71.3 Å². The van der Waals surface area contributed by atoms with Crippen molar-refractivity contribution in [2.75, 3.05) is 6.54 Å². The van der Waals surface area contributed by atoms with Gasteiger partial charge in [-0.3, -0.25) is 0 Å². The predicted octanol–water partition coefficient (Wildman–Crippen LogP) is 2.21. The van der Waals surface area contributed by atoms with Gasteiger partial charge >= 0.3 is 0 Å². The Morgan fingerprint density at radius 1 is 1.24 bits per heavy atom. The van der Waals surface area contributed by atoms with E-state index in [4.69, 9.17) is 0 Å². The van der Waals surface area contributed by atoms with Gasteiger partial charge in [0.1, 0.15) is 0 Å². The highest BCUT2D eigenvalue weighted by molar-refractivity contribution is 7.89. The molecule has 0 unspecified atom stereocenters. The van der Waals surface area contributed by atoms with Gasteiger partial charge < -0.3 is 9.67 Å². The molecular weight excluding hydrogens is 288 g/mol. The minimum Gasteiger partial charge on any atom is -0.390 e. The largest absolute Gasteiger partial charge is 0.390 e. The van der Waals surface area contributed by atoms with Crippen LogP contribution in [-0.2, 0) is 23.2 Å². The highest BCUT2D eigenvalue weighted by Crippen LogP contribution is 2.21. The minimum atomic E-state index is -3.53. The van der Waals surface area contributed by atoms with Crippen LogP contribution in [0.4, 0.5) is 0 Å². The molecule has 0 bridgehead atoms. The Morgan fingerprint density at radius 2 is 1.81 bits per heavy atom. The van der Waals surface area contributed by atoms with Gasteiger partial charge in [0.2, 0.25) is 10.0 Å². The lowest BCUT2D eigenvalue weighted by atomic mass is 9.86. The molecule has 0 atom stereocenters. The Balaban J connectivity index is 2.89. The monoisotopic (exact) mass is 316 g/mol. The summed E-state index contributed by atoms with van der Waals surface area (Å²) in [6.45, 7) is 11.2. The zero-order valence-corrected chi connectivity index (χ0v) is 14.4. The Bertz CT molecular complexity index is 518. The Kier molecular flexibility index (Phi) is 6.43. The van der Waals surface area contributed by atoms with Crippen molar-refractivity contribution in [2.45, 2.75) is 52.7 Å². The summed E-state index contributed by atoms with van der Waals surface area (Å²) in [5.41, 5.74) is 0.613. The van der Waals surface area contributed by atoms with E-state index in [1.807, 2.05) is 6.92 Å². The van der Waals surface area contributed by atoms with Crippen LogP contribution < -0.4 is 4.72 Å². The van der Waals surface area contributed by atoms with Gasteiger partial charge in [0, 0.05) is 25.0 Å². The lowest BCUT2D eigenvalue weighted by Gasteiger charge is -2.24. The van der Waals surface area contributed by atoms with Crippen LogP contribution in [0.25, 0.3) is 0 Å². The van der Waals surface area contributed by atoms with Gasteiger partial charge in [-0.15, -0.1) is 0 Å². The summed E-state index contributed by atoms with van der Waals surface area (Å²) < 4.78 is 29.2. The SMILES string of the molecule is CCn1cc(S(=O)(=O)NCC(C(C)C)C(C)C)cc1CO. The van der Waals surface area contributed by atoms with Crippen molar-refractivity contribution >= 4 is 10.0 Å². The van der Waals surface area contributed by atoms with Gasteiger partial charge in [0.25, 0.3) is 0 Å². The summed E-state index contributed by atoms with van der Waals surface area (Å²) in [6.07, 6.45) is 1.58. The van der Waals surface area contributed by atoms with Gasteiger partial charge in [0.15, 0.2) is 0 Å². The summed E-state index contributed by atoms with van der Waals surface area (Å²) in [6, 6.07) is 1.53. The number of aliphatic hydroxyl groups excluding tert-OH is 1. The fourth-order valence-corrected chi connectivity index (χ4v) is 3.76. The van der Waals surface area contributed by atoms with E-state index in [-0.39, 0.29) is 11.5 Å². The number of hydrogen-bond acceptors (Lipinski definition) is 3. The maximum Gasteiger partial charge on any atom is 0.242 e. The summed E-state index contributed by atoms with van der Waals surface area (Å²) in [7, 11) is -3.53. The molecule has 0 fully saturated rings. The number of hydrogen-bond donors (Lipinski definition) is 2. The highest BCUT2D eigenvalue weighted by Gasteiger charge is 2.23. The molecule has 2 N–H and O–H groups in total. The van der Waals surface area contributed by atoms with Gasteiger partial charge in [-0.25, -0.2) is 13.1 Å². The molecule has 1 aromatic heterocycles. The van der Waals surface area contributed by atoms with E-state index in [0.29, 0.717) is 36.5 Å². The summed E-state index contributed by atoms with van der Waals surface area (Å²) in [4.78, 5) is 0.222. The van der Waals surface area contributed by atoms with Gasteiger partial charge in [-0.2, -0.15) is 0 Å². The van der Waals surface area contributed by atoms with Crippen LogP contribution in [0.1, 0.15) is 40.3 Å². The van der Waals surface area contributed by atoms with Crippen LogP contribution in [0, 0.1) is 17.8 Å². The van der Waals surface area contributed by atoms with E-state index < -0.39 is 10.0 Å². The van der Waals surface area contributed by atoms with Crippen molar-refractivity contribution in [3.8, 4) is 0 Å². The van der Waals surface area contributed by atoms with Crippen molar-refractivity contribution in [1.29, 1.82) is 0 Å². The number of sulfonamides is 1. The molecule has 0 aromatic carbocycles. The Morgan fingerprint density at radius 3 is 2.19 bits per heavy atom. The number of aliphatic hydroxyl groups is 1.